The lowest BCUT2D eigenvalue weighted by Crippen LogP contribution is -2.09. The molecule has 0 saturated heterocycles. The standard InChI is InChI=1S/C17H19NO2/c1-5-13-10-18-7-6-14(13)17(19)16-12(3)8-11(2)9-15(16)20-4/h6-10H,5H2,1-4H3. The third-order valence-corrected chi connectivity index (χ3v) is 3.42. The molecule has 0 atom stereocenters. The Morgan fingerprint density at radius 2 is 2.05 bits per heavy atom. The molecule has 1 aromatic heterocycles. The van der Waals surface area contributed by atoms with Gasteiger partial charge in [0, 0.05) is 18.0 Å². The molecule has 0 fully saturated rings. The number of aryl methyl sites for hydroxylation is 3. The van der Waals surface area contributed by atoms with Crippen LogP contribution < -0.4 is 4.74 Å². The summed E-state index contributed by atoms with van der Waals surface area (Å²) >= 11 is 0. The molecule has 3 nitrogen and oxygen atoms in total. The van der Waals surface area contributed by atoms with E-state index < -0.39 is 0 Å². The number of hydrogen-bond donors (Lipinski definition) is 0. The van der Waals surface area contributed by atoms with Gasteiger partial charge in [-0.1, -0.05) is 13.0 Å². The van der Waals surface area contributed by atoms with Crippen molar-refractivity contribution in [3.8, 4) is 5.75 Å². The average molecular weight is 269 g/mol. The van der Waals surface area contributed by atoms with Crippen molar-refractivity contribution in [1.29, 1.82) is 0 Å². The van der Waals surface area contributed by atoms with E-state index in [1.807, 2.05) is 32.9 Å². The minimum absolute atomic E-state index is 0.00130. The molecule has 1 heterocycles. The number of pyridine rings is 1. The molecule has 0 bridgehead atoms. The van der Waals surface area contributed by atoms with Crippen LogP contribution in [0.15, 0.2) is 30.6 Å². The summed E-state index contributed by atoms with van der Waals surface area (Å²) in [5.41, 5.74) is 4.32. The molecule has 3 heteroatoms. The summed E-state index contributed by atoms with van der Waals surface area (Å²) in [4.78, 5) is 16.9. The van der Waals surface area contributed by atoms with Gasteiger partial charge in [0.1, 0.15) is 5.75 Å². The molecule has 104 valence electrons. The highest BCUT2D eigenvalue weighted by atomic mass is 16.5. The molecule has 2 aromatic rings. The van der Waals surface area contributed by atoms with Crippen LogP contribution in [0.3, 0.4) is 0 Å². The Hall–Kier alpha value is -2.16. The number of ether oxygens (including phenoxy) is 1. The monoisotopic (exact) mass is 269 g/mol. The van der Waals surface area contributed by atoms with E-state index in [-0.39, 0.29) is 5.78 Å². The SMILES string of the molecule is CCc1cnccc1C(=O)c1c(C)cc(C)cc1OC. The molecule has 0 radical (unpaired) electrons. The second-order valence-electron chi connectivity index (χ2n) is 4.87. The summed E-state index contributed by atoms with van der Waals surface area (Å²) in [6, 6.07) is 5.68. The number of hydrogen-bond acceptors (Lipinski definition) is 3. The molecule has 0 unspecified atom stereocenters. The first-order chi connectivity index (χ1) is 9.58. The Morgan fingerprint density at radius 3 is 2.70 bits per heavy atom. The number of aromatic nitrogens is 1. The largest absolute Gasteiger partial charge is 0.496 e. The minimum atomic E-state index is -0.00130. The van der Waals surface area contributed by atoms with Gasteiger partial charge >= 0.3 is 0 Å². The van der Waals surface area contributed by atoms with Crippen molar-refractivity contribution < 1.29 is 9.53 Å². The minimum Gasteiger partial charge on any atom is -0.496 e. The van der Waals surface area contributed by atoms with Crippen molar-refractivity contribution in [2.75, 3.05) is 7.11 Å². The highest BCUT2D eigenvalue weighted by molar-refractivity contribution is 6.12. The van der Waals surface area contributed by atoms with Gasteiger partial charge in [-0.05, 0) is 49.1 Å². The van der Waals surface area contributed by atoms with Gasteiger partial charge in [0.05, 0.1) is 12.7 Å². The molecule has 0 aliphatic heterocycles. The van der Waals surface area contributed by atoms with Crippen LogP contribution in [0.5, 0.6) is 5.75 Å². The second kappa shape index (κ2) is 5.87. The lowest BCUT2D eigenvalue weighted by molar-refractivity contribution is 0.103. The van der Waals surface area contributed by atoms with E-state index in [1.165, 1.54) is 0 Å². The molecular formula is C17H19NO2. The number of ketones is 1. The predicted octanol–water partition coefficient (Wildman–Crippen LogP) is 3.50. The quantitative estimate of drug-likeness (QED) is 0.797. The van der Waals surface area contributed by atoms with E-state index in [2.05, 4.69) is 4.98 Å². The van der Waals surface area contributed by atoms with Crippen LogP contribution in [0.1, 0.15) is 39.5 Å². The third kappa shape index (κ3) is 2.57. The molecule has 0 aliphatic carbocycles. The van der Waals surface area contributed by atoms with Gasteiger partial charge in [-0.15, -0.1) is 0 Å². The van der Waals surface area contributed by atoms with Gasteiger partial charge in [0.15, 0.2) is 5.78 Å². The average Bonchev–Trinajstić information content (AvgIpc) is 2.45. The molecule has 0 saturated carbocycles. The number of carbonyl (C=O) groups is 1. The van der Waals surface area contributed by atoms with E-state index >= 15 is 0 Å². The molecule has 2 rings (SSSR count). The van der Waals surface area contributed by atoms with E-state index in [4.69, 9.17) is 4.74 Å². The number of methoxy groups -OCH3 is 1. The first kappa shape index (κ1) is 14.3. The van der Waals surface area contributed by atoms with Crippen LogP contribution in [0.4, 0.5) is 0 Å². The Kier molecular flexibility index (Phi) is 4.18. The van der Waals surface area contributed by atoms with Crippen molar-refractivity contribution >= 4 is 5.78 Å². The van der Waals surface area contributed by atoms with Gasteiger partial charge in [0.25, 0.3) is 0 Å². The predicted molar refractivity (Wildman–Crippen MR) is 79.5 cm³/mol. The van der Waals surface area contributed by atoms with Gasteiger partial charge in [0.2, 0.25) is 0 Å². The highest BCUT2D eigenvalue weighted by Gasteiger charge is 2.19. The number of nitrogens with zero attached hydrogens (tertiary/aromatic N) is 1. The van der Waals surface area contributed by atoms with Crippen LogP contribution in [0.2, 0.25) is 0 Å². The van der Waals surface area contributed by atoms with E-state index in [1.54, 1.807) is 25.6 Å². The Labute approximate surface area is 119 Å². The molecular weight excluding hydrogens is 250 g/mol. The summed E-state index contributed by atoms with van der Waals surface area (Å²) < 4.78 is 5.39. The summed E-state index contributed by atoms with van der Waals surface area (Å²) in [5.74, 6) is 0.630. The number of benzene rings is 1. The smallest absolute Gasteiger partial charge is 0.197 e. The van der Waals surface area contributed by atoms with Crippen LogP contribution in [-0.4, -0.2) is 17.9 Å². The summed E-state index contributed by atoms with van der Waals surface area (Å²) in [7, 11) is 1.60. The number of rotatable bonds is 4. The van der Waals surface area contributed by atoms with Crippen LogP contribution in [0, 0.1) is 13.8 Å². The lowest BCUT2D eigenvalue weighted by Gasteiger charge is -2.13. The maximum Gasteiger partial charge on any atom is 0.197 e. The fourth-order valence-electron chi connectivity index (χ4n) is 2.45. The third-order valence-electron chi connectivity index (χ3n) is 3.42. The van der Waals surface area contributed by atoms with Gasteiger partial charge in [-0.2, -0.15) is 0 Å². The maximum absolute atomic E-state index is 12.8. The zero-order chi connectivity index (χ0) is 14.7. The van der Waals surface area contributed by atoms with Crippen molar-refractivity contribution in [2.45, 2.75) is 27.2 Å². The van der Waals surface area contributed by atoms with Crippen molar-refractivity contribution in [3.63, 3.8) is 0 Å². The first-order valence-corrected chi connectivity index (χ1v) is 6.71. The molecule has 0 N–H and O–H groups in total. The summed E-state index contributed by atoms with van der Waals surface area (Å²) in [6.07, 6.45) is 4.19. The first-order valence-electron chi connectivity index (χ1n) is 6.71. The topological polar surface area (TPSA) is 39.2 Å². The lowest BCUT2D eigenvalue weighted by atomic mass is 9.94. The fourth-order valence-corrected chi connectivity index (χ4v) is 2.45. The highest BCUT2D eigenvalue weighted by Crippen LogP contribution is 2.27. The fraction of sp³-hybridized carbons (Fsp3) is 0.294. The molecule has 20 heavy (non-hydrogen) atoms. The molecule has 0 amide bonds. The van der Waals surface area contributed by atoms with Crippen LogP contribution in [-0.2, 0) is 6.42 Å². The van der Waals surface area contributed by atoms with E-state index in [0.29, 0.717) is 16.9 Å². The summed E-state index contributed by atoms with van der Waals surface area (Å²) in [6.45, 7) is 5.95. The summed E-state index contributed by atoms with van der Waals surface area (Å²) in [5, 5.41) is 0. The van der Waals surface area contributed by atoms with E-state index in [9.17, 15) is 4.79 Å². The normalized spacial score (nSPS) is 10.4. The van der Waals surface area contributed by atoms with Crippen LogP contribution in [0.25, 0.3) is 0 Å². The van der Waals surface area contributed by atoms with Crippen molar-refractivity contribution in [1.82, 2.24) is 4.98 Å². The van der Waals surface area contributed by atoms with Crippen LogP contribution >= 0.6 is 0 Å². The molecule has 0 spiro atoms. The molecule has 1 aromatic carbocycles. The maximum atomic E-state index is 12.8. The van der Waals surface area contributed by atoms with Crippen molar-refractivity contribution in [2.24, 2.45) is 0 Å². The Morgan fingerprint density at radius 1 is 1.30 bits per heavy atom. The second-order valence-corrected chi connectivity index (χ2v) is 4.87. The Bertz CT molecular complexity index is 647. The van der Waals surface area contributed by atoms with Gasteiger partial charge in [-0.3, -0.25) is 9.78 Å². The van der Waals surface area contributed by atoms with E-state index in [0.717, 1.165) is 23.1 Å². The van der Waals surface area contributed by atoms with Gasteiger partial charge in [-0.25, -0.2) is 0 Å². The zero-order valence-corrected chi connectivity index (χ0v) is 12.4. The zero-order valence-electron chi connectivity index (χ0n) is 12.4. The number of carbonyl (C=O) groups excluding carboxylic acids is 1. The van der Waals surface area contributed by atoms with Crippen molar-refractivity contribution in [3.05, 3.63) is 58.4 Å². The van der Waals surface area contributed by atoms with Gasteiger partial charge < -0.3 is 4.74 Å². The molecule has 0 aliphatic rings. The Balaban J connectivity index is 2.59.